The molecule has 0 aliphatic carbocycles. The third-order valence-electron chi connectivity index (χ3n) is 5.37. The summed E-state index contributed by atoms with van der Waals surface area (Å²) in [7, 11) is 0. The van der Waals surface area contributed by atoms with E-state index in [2.05, 4.69) is 0 Å². The second kappa shape index (κ2) is 7.75. The van der Waals surface area contributed by atoms with E-state index >= 15 is 0 Å². The molecule has 0 heterocycles. The molecule has 3 heteroatoms. The summed E-state index contributed by atoms with van der Waals surface area (Å²) in [6.07, 6.45) is 1.31. The van der Waals surface area contributed by atoms with Crippen LogP contribution in [0.4, 0.5) is 0 Å². The molecule has 140 valence electrons. The van der Waals surface area contributed by atoms with Gasteiger partial charge in [-0.1, -0.05) is 36.4 Å². The molecule has 0 bridgehead atoms. The Morgan fingerprint density at radius 3 is 1.52 bits per heavy atom. The van der Waals surface area contributed by atoms with E-state index in [0.29, 0.717) is 12.8 Å². The Morgan fingerprint density at radius 2 is 1.07 bits per heavy atom. The third kappa shape index (κ3) is 3.77. The zero-order valence-corrected chi connectivity index (χ0v) is 16.0. The number of phenols is 3. The van der Waals surface area contributed by atoms with Crippen LogP contribution in [0.5, 0.6) is 17.2 Å². The summed E-state index contributed by atoms with van der Waals surface area (Å²) in [4.78, 5) is 0. The summed E-state index contributed by atoms with van der Waals surface area (Å²) in [5, 5.41) is 31.4. The fraction of sp³-hybridized carbons (Fsp3) is 0.250. The molecule has 0 unspecified atom stereocenters. The van der Waals surface area contributed by atoms with Gasteiger partial charge < -0.3 is 15.3 Å². The van der Waals surface area contributed by atoms with Gasteiger partial charge in [0.05, 0.1) is 0 Å². The average Bonchev–Trinajstić information content (AvgIpc) is 2.60. The summed E-state index contributed by atoms with van der Waals surface area (Å²) in [5.74, 6) is 0.580. The first kappa shape index (κ1) is 18.8. The first-order valence-corrected chi connectivity index (χ1v) is 9.24. The highest BCUT2D eigenvalue weighted by Gasteiger charge is 2.24. The fourth-order valence-corrected chi connectivity index (χ4v) is 3.97. The Kier molecular flexibility index (Phi) is 5.41. The maximum atomic E-state index is 10.6. The Balaban J connectivity index is 2.09. The molecule has 0 spiro atoms. The quantitative estimate of drug-likeness (QED) is 0.562. The number of rotatable bonds is 5. The van der Waals surface area contributed by atoms with Gasteiger partial charge in [0.25, 0.3) is 0 Å². The minimum Gasteiger partial charge on any atom is -0.508 e. The largest absolute Gasteiger partial charge is 0.508 e. The van der Waals surface area contributed by atoms with Crippen molar-refractivity contribution < 1.29 is 15.3 Å². The van der Waals surface area contributed by atoms with Gasteiger partial charge in [-0.25, -0.2) is 0 Å². The van der Waals surface area contributed by atoms with E-state index in [0.717, 1.165) is 33.4 Å². The van der Waals surface area contributed by atoms with Crippen LogP contribution < -0.4 is 0 Å². The van der Waals surface area contributed by atoms with Gasteiger partial charge in [-0.3, -0.25) is 0 Å². The Morgan fingerprint density at radius 1 is 0.630 bits per heavy atom. The molecule has 0 saturated carbocycles. The minimum absolute atomic E-state index is 0.175. The van der Waals surface area contributed by atoms with E-state index in [1.807, 2.05) is 57.2 Å². The summed E-state index contributed by atoms with van der Waals surface area (Å²) in [5.41, 5.74) is 5.57. The SMILES string of the molecule is Cc1cccc(O)c1CCC(c1c(C)cccc1O)c1c(C)cccc1O. The zero-order valence-electron chi connectivity index (χ0n) is 16.0. The number of hydrogen-bond acceptors (Lipinski definition) is 3. The van der Waals surface area contributed by atoms with Crippen molar-refractivity contribution in [3.05, 3.63) is 88.0 Å². The summed E-state index contributed by atoms with van der Waals surface area (Å²) < 4.78 is 0. The molecule has 0 amide bonds. The highest BCUT2D eigenvalue weighted by atomic mass is 16.3. The van der Waals surface area contributed by atoms with Gasteiger partial charge in [-0.15, -0.1) is 0 Å². The zero-order chi connectivity index (χ0) is 19.6. The van der Waals surface area contributed by atoms with Crippen molar-refractivity contribution in [2.75, 3.05) is 0 Å². The van der Waals surface area contributed by atoms with Crippen molar-refractivity contribution in [1.29, 1.82) is 0 Å². The highest BCUT2D eigenvalue weighted by molar-refractivity contribution is 5.52. The van der Waals surface area contributed by atoms with Gasteiger partial charge in [0.2, 0.25) is 0 Å². The maximum Gasteiger partial charge on any atom is 0.119 e. The van der Waals surface area contributed by atoms with Crippen LogP contribution in [-0.4, -0.2) is 15.3 Å². The van der Waals surface area contributed by atoms with Crippen LogP contribution in [0.3, 0.4) is 0 Å². The number of benzene rings is 3. The lowest BCUT2D eigenvalue weighted by molar-refractivity contribution is 0.447. The fourth-order valence-electron chi connectivity index (χ4n) is 3.97. The monoisotopic (exact) mass is 362 g/mol. The van der Waals surface area contributed by atoms with E-state index in [9.17, 15) is 15.3 Å². The van der Waals surface area contributed by atoms with Gasteiger partial charge >= 0.3 is 0 Å². The summed E-state index contributed by atoms with van der Waals surface area (Å²) >= 11 is 0. The van der Waals surface area contributed by atoms with Crippen LogP contribution in [0.1, 0.15) is 45.7 Å². The first-order chi connectivity index (χ1) is 12.9. The van der Waals surface area contributed by atoms with Crippen molar-refractivity contribution in [2.24, 2.45) is 0 Å². The van der Waals surface area contributed by atoms with Gasteiger partial charge in [-0.05, 0) is 74.1 Å². The molecule has 0 aromatic heterocycles. The molecule has 3 aromatic carbocycles. The molecule has 0 atom stereocenters. The van der Waals surface area contributed by atoms with Crippen LogP contribution in [0.2, 0.25) is 0 Å². The van der Waals surface area contributed by atoms with E-state index in [-0.39, 0.29) is 23.2 Å². The van der Waals surface area contributed by atoms with E-state index < -0.39 is 0 Å². The van der Waals surface area contributed by atoms with Gasteiger partial charge in [-0.2, -0.15) is 0 Å². The highest BCUT2D eigenvalue weighted by Crippen LogP contribution is 2.42. The number of phenolic OH excluding ortho intramolecular Hbond substituents is 3. The van der Waals surface area contributed by atoms with E-state index in [1.54, 1.807) is 18.2 Å². The number of hydrogen-bond donors (Lipinski definition) is 3. The molecule has 27 heavy (non-hydrogen) atoms. The molecule has 0 fully saturated rings. The van der Waals surface area contributed by atoms with E-state index in [1.165, 1.54) is 0 Å². The van der Waals surface area contributed by atoms with Gasteiger partial charge in [0.1, 0.15) is 17.2 Å². The average molecular weight is 362 g/mol. The molecular formula is C24H26O3. The second-order valence-corrected chi connectivity index (χ2v) is 7.18. The molecule has 3 rings (SSSR count). The minimum atomic E-state index is -0.175. The van der Waals surface area contributed by atoms with Crippen molar-refractivity contribution in [2.45, 2.75) is 39.5 Å². The van der Waals surface area contributed by atoms with Crippen LogP contribution in [0.25, 0.3) is 0 Å². The third-order valence-corrected chi connectivity index (χ3v) is 5.37. The lowest BCUT2D eigenvalue weighted by Crippen LogP contribution is -2.08. The second-order valence-electron chi connectivity index (χ2n) is 7.18. The molecule has 0 aliphatic rings. The Labute approximate surface area is 160 Å². The lowest BCUT2D eigenvalue weighted by Gasteiger charge is -2.24. The van der Waals surface area contributed by atoms with Crippen molar-refractivity contribution in [3.8, 4) is 17.2 Å². The number of aryl methyl sites for hydroxylation is 3. The summed E-state index contributed by atoms with van der Waals surface area (Å²) in [6.45, 7) is 5.94. The standard InChI is InChI=1S/C24H26O3/c1-15-7-4-10-20(25)18(15)13-14-19(23-16(2)8-5-11-21(23)26)24-17(3)9-6-12-22(24)27/h4-12,19,25-27H,13-14H2,1-3H3. The molecule has 0 aliphatic heterocycles. The van der Waals surface area contributed by atoms with Gasteiger partial charge in [0.15, 0.2) is 0 Å². The molecule has 3 nitrogen and oxygen atoms in total. The van der Waals surface area contributed by atoms with Crippen molar-refractivity contribution >= 4 is 0 Å². The van der Waals surface area contributed by atoms with Gasteiger partial charge in [0, 0.05) is 17.0 Å². The predicted molar refractivity (Wildman–Crippen MR) is 109 cm³/mol. The molecule has 0 radical (unpaired) electrons. The van der Waals surface area contributed by atoms with Crippen LogP contribution in [0.15, 0.2) is 54.6 Å². The van der Waals surface area contributed by atoms with Crippen molar-refractivity contribution in [3.63, 3.8) is 0 Å². The smallest absolute Gasteiger partial charge is 0.119 e. The van der Waals surface area contributed by atoms with E-state index in [4.69, 9.17) is 0 Å². The lowest BCUT2D eigenvalue weighted by atomic mass is 9.81. The van der Waals surface area contributed by atoms with Crippen LogP contribution >= 0.6 is 0 Å². The molecule has 0 saturated heterocycles. The van der Waals surface area contributed by atoms with Crippen LogP contribution in [-0.2, 0) is 6.42 Å². The first-order valence-electron chi connectivity index (χ1n) is 9.24. The topological polar surface area (TPSA) is 60.7 Å². The summed E-state index contributed by atoms with van der Waals surface area (Å²) in [6, 6.07) is 16.5. The van der Waals surface area contributed by atoms with Crippen LogP contribution in [0, 0.1) is 20.8 Å². The predicted octanol–water partition coefficient (Wildman–Crippen LogP) is 5.49. The van der Waals surface area contributed by atoms with Crippen molar-refractivity contribution in [1.82, 2.24) is 0 Å². The normalized spacial score (nSPS) is 11.1. The number of aromatic hydroxyl groups is 3. The molecule has 3 aromatic rings. The molecular weight excluding hydrogens is 336 g/mol. The Hall–Kier alpha value is -2.94. The Bertz CT molecular complexity index is 848. The molecule has 3 N–H and O–H groups in total. The maximum absolute atomic E-state index is 10.6.